The number of thiophene rings is 2. The molecule has 2 nitrogen and oxygen atoms in total. The summed E-state index contributed by atoms with van der Waals surface area (Å²) in [6, 6.07) is 37.7. The second-order valence-electron chi connectivity index (χ2n) is 9.76. The van der Waals surface area contributed by atoms with Gasteiger partial charge in [-0.1, -0.05) is 83.9 Å². The van der Waals surface area contributed by atoms with E-state index in [0.29, 0.717) is 10.0 Å². The normalized spacial score (nSPS) is 11.8. The SMILES string of the molecule is Clc1ccccc1Nc1cc2c(cc(Nc3ccccc3Cl)c3sc4ccccc4c32)c2c1sc1ccccc12. The Labute approximate surface area is 248 Å². The molecular formula is C34H20Cl2N2S2. The fraction of sp³-hybridized carbons (Fsp3) is 0. The van der Waals surface area contributed by atoms with Crippen molar-refractivity contribution in [3.8, 4) is 0 Å². The molecule has 0 atom stereocenters. The van der Waals surface area contributed by atoms with E-state index < -0.39 is 0 Å². The second-order valence-corrected chi connectivity index (χ2v) is 12.7. The summed E-state index contributed by atoms with van der Waals surface area (Å²) in [5.41, 5.74) is 3.90. The number of hydrogen-bond acceptors (Lipinski definition) is 4. The average molecular weight is 592 g/mol. The van der Waals surface area contributed by atoms with Gasteiger partial charge >= 0.3 is 0 Å². The standard InChI is InChI=1S/C34H20Cl2N2S2/c35-23-11-3-5-13-25(23)37-27-18-22-21(31-19-9-1-7-15-29(19)39-33(27)31)17-28(38-26-14-6-4-12-24(26)36)34-32(22)20-10-2-8-16-30(20)40-34/h1-18,37-38H. The van der Waals surface area contributed by atoms with Gasteiger partial charge in [-0.3, -0.25) is 0 Å². The van der Waals surface area contributed by atoms with Gasteiger partial charge in [-0.2, -0.15) is 0 Å². The van der Waals surface area contributed by atoms with Gasteiger partial charge in [0, 0.05) is 30.9 Å². The van der Waals surface area contributed by atoms with Gasteiger partial charge in [0.25, 0.3) is 0 Å². The molecule has 0 aliphatic rings. The van der Waals surface area contributed by atoms with Crippen LogP contribution in [0.4, 0.5) is 22.7 Å². The Hall–Kier alpha value is -3.80. The number of fused-ring (bicyclic) bond motifs is 9. The van der Waals surface area contributed by atoms with Crippen molar-refractivity contribution >= 4 is 120 Å². The quantitative estimate of drug-likeness (QED) is 0.213. The third kappa shape index (κ3) is 3.75. The predicted molar refractivity (Wildman–Crippen MR) is 179 cm³/mol. The van der Waals surface area contributed by atoms with Gasteiger partial charge in [-0.25, -0.2) is 0 Å². The van der Waals surface area contributed by atoms with E-state index in [2.05, 4.69) is 71.3 Å². The van der Waals surface area contributed by atoms with Crippen LogP contribution in [0.2, 0.25) is 10.0 Å². The molecule has 40 heavy (non-hydrogen) atoms. The van der Waals surface area contributed by atoms with Crippen LogP contribution in [0.3, 0.4) is 0 Å². The minimum absolute atomic E-state index is 0.697. The lowest BCUT2D eigenvalue weighted by Crippen LogP contribution is -1.94. The molecule has 0 aliphatic carbocycles. The topological polar surface area (TPSA) is 24.1 Å². The summed E-state index contributed by atoms with van der Waals surface area (Å²) in [7, 11) is 0. The lowest BCUT2D eigenvalue weighted by atomic mass is 9.97. The Morgan fingerprint density at radius 1 is 0.425 bits per heavy atom. The van der Waals surface area contributed by atoms with Crippen molar-refractivity contribution in [3.63, 3.8) is 0 Å². The van der Waals surface area contributed by atoms with Crippen LogP contribution >= 0.6 is 45.9 Å². The van der Waals surface area contributed by atoms with Crippen molar-refractivity contribution in [2.45, 2.75) is 0 Å². The molecule has 2 heterocycles. The Morgan fingerprint density at radius 3 is 1.27 bits per heavy atom. The molecule has 192 valence electrons. The van der Waals surface area contributed by atoms with Crippen LogP contribution < -0.4 is 10.6 Å². The smallest absolute Gasteiger partial charge is 0.0640 e. The Morgan fingerprint density at radius 2 is 0.825 bits per heavy atom. The molecule has 6 aromatic carbocycles. The molecule has 0 amide bonds. The lowest BCUT2D eigenvalue weighted by molar-refractivity contribution is 1.59. The molecule has 0 unspecified atom stereocenters. The highest BCUT2D eigenvalue weighted by Crippen LogP contribution is 2.50. The van der Waals surface area contributed by atoms with E-state index in [-0.39, 0.29) is 0 Å². The van der Waals surface area contributed by atoms with Crippen molar-refractivity contribution < 1.29 is 0 Å². The van der Waals surface area contributed by atoms with E-state index in [1.165, 1.54) is 51.1 Å². The van der Waals surface area contributed by atoms with Crippen LogP contribution in [0.25, 0.3) is 51.1 Å². The molecule has 0 fully saturated rings. The van der Waals surface area contributed by atoms with Gasteiger partial charge in [0.1, 0.15) is 0 Å². The van der Waals surface area contributed by atoms with Gasteiger partial charge in [-0.15, -0.1) is 22.7 Å². The number of hydrogen-bond donors (Lipinski definition) is 2. The van der Waals surface area contributed by atoms with Gasteiger partial charge < -0.3 is 10.6 Å². The van der Waals surface area contributed by atoms with E-state index in [4.69, 9.17) is 23.2 Å². The molecule has 0 saturated heterocycles. The summed E-state index contributed by atoms with van der Waals surface area (Å²) in [6.07, 6.45) is 0. The first-order valence-corrected chi connectivity index (χ1v) is 15.3. The van der Waals surface area contributed by atoms with E-state index in [1.54, 1.807) is 0 Å². The van der Waals surface area contributed by atoms with E-state index in [1.807, 2.05) is 71.2 Å². The molecule has 2 N–H and O–H groups in total. The van der Waals surface area contributed by atoms with Gasteiger partial charge in [0.05, 0.1) is 42.2 Å². The fourth-order valence-corrected chi connectivity index (χ4v) is 8.34. The zero-order chi connectivity index (χ0) is 26.8. The van der Waals surface area contributed by atoms with Crippen molar-refractivity contribution in [2.75, 3.05) is 10.6 Å². The molecule has 2 aromatic heterocycles. The number of para-hydroxylation sites is 2. The second kappa shape index (κ2) is 9.39. The van der Waals surface area contributed by atoms with Gasteiger partial charge in [0.15, 0.2) is 0 Å². The number of benzene rings is 6. The highest BCUT2D eigenvalue weighted by Gasteiger charge is 2.20. The van der Waals surface area contributed by atoms with E-state index in [9.17, 15) is 0 Å². The summed E-state index contributed by atoms with van der Waals surface area (Å²) in [5, 5.41) is 16.2. The minimum atomic E-state index is 0.697. The largest absolute Gasteiger partial charge is 0.353 e. The Balaban J connectivity index is 1.53. The summed E-state index contributed by atoms with van der Waals surface area (Å²) < 4.78 is 4.92. The first-order valence-electron chi connectivity index (χ1n) is 12.9. The van der Waals surface area contributed by atoms with Crippen molar-refractivity contribution in [1.29, 1.82) is 0 Å². The first-order chi connectivity index (χ1) is 19.7. The monoisotopic (exact) mass is 590 g/mol. The van der Waals surface area contributed by atoms with Crippen molar-refractivity contribution in [3.05, 3.63) is 119 Å². The zero-order valence-corrected chi connectivity index (χ0v) is 24.1. The van der Waals surface area contributed by atoms with Crippen LogP contribution in [0.5, 0.6) is 0 Å². The Kier molecular flexibility index (Phi) is 5.64. The molecular weight excluding hydrogens is 571 g/mol. The molecule has 0 spiro atoms. The highest BCUT2D eigenvalue weighted by atomic mass is 35.5. The molecule has 0 saturated carbocycles. The van der Waals surface area contributed by atoms with E-state index in [0.717, 1.165) is 22.7 Å². The van der Waals surface area contributed by atoms with Crippen LogP contribution in [-0.2, 0) is 0 Å². The summed E-state index contributed by atoms with van der Waals surface area (Å²) >= 11 is 16.8. The van der Waals surface area contributed by atoms with Crippen molar-refractivity contribution in [2.24, 2.45) is 0 Å². The third-order valence-corrected chi connectivity index (χ3v) is 10.4. The van der Waals surface area contributed by atoms with Crippen LogP contribution in [0.1, 0.15) is 0 Å². The van der Waals surface area contributed by atoms with Gasteiger partial charge in [-0.05, 0) is 59.3 Å². The average Bonchev–Trinajstić information content (AvgIpc) is 3.56. The van der Waals surface area contributed by atoms with Crippen LogP contribution in [0, 0.1) is 0 Å². The molecule has 0 aliphatic heterocycles. The lowest BCUT2D eigenvalue weighted by Gasteiger charge is -2.15. The van der Waals surface area contributed by atoms with Crippen LogP contribution in [-0.4, -0.2) is 0 Å². The third-order valence-electron chi connectivity index (χ3n) is 7.37. The first kappa shape index (κ1) is 24.0. The zero-order valence-electron chi connectivity index (χ0n) is 21.0. The number of nitrogens with one attached hydrogen (secondary N) is 2. The maximum absolute atomic E-state index is 6.61. The minimum Gasteiger partial charge on any atom is -0.353 e. The molecule has 0 bridgehead atoms. The maximum atomic E-state index is 6.61. The van der Waals surface area contributed by atoms with Crippen molar-refractivity contribution in [1.82, 2.24) is 0 Å². The summed E-state index contributed by atoms with van der Waals surface area (Å²) in [4.78, 5) is 0. The van der Waals surface area contributed by atoms with Crippen LogP contribution in [0.15, 0.2) is 109 Å². The molecule has 6 heteroatoms. The molecule has 8 aromatic rings. The fourth-order valence-electron chi connectivity index (χ4n) is 5.60. The maximum Gasteiger partial charge on any atom is 0.0640 e. The Bertz CT molecular complexity index is 2100. The highest BCUT2D eigenvalue weighted by molar-refractivity contribution is 7.27. The van der Waals surface area contributed by atoms with E-state index >= 15 is 0 Å². The molecule has 8 rings (SSSR count). The summed E-state index contributed by atoms with van der Waals surface area (Å²) in [5.74, 6) is 0. The predicted octanol–water partition coefficient (Wildman–Crippen LogP) is 12.4. The number of halogens is 2. The number of anilines is 4. The number of rotatable bonds is 4. The molecule has 0 radical (unpaired) electrons. The van der Waals surface area contributed by atoms with Gasteiger partial charge in [0.2, 0.25) is 0 Å². The summed E-state index contributed by atoms with van der Waals surface area (Å²) in [6.45, 7) is 0.